The predicted octanol–water partition coefficient (Wildman–Crippen LogP) is 3.10. The van der Waals surface area contributed by atoms with Crippen molar-refractivity contribution in [3.05, 3.63) is 36.0 Å². The van der Waals surface area contributed by atoms with E-state index in [2.05, 4.69) is 41.4 Å². The number of aromatic nitrogens is 2. The van der Waals surface area contributed by atoms with Gasteiger partial charge in [0.05, 0.1) is 17.8 Å². The summed E-state index contributed by atoms with van der Waals surface area (Å²) in [7, 11) is 0. The first-order valence-electron chi connectivity index (χ1n) is 7.41. The van der Waals surface area contributed by atoms with Crippen molar-refractivity contribution < 1.29 is 4.79 Å². The molecule has 2 N–H and O–H groups in total. The molecule has 0 radical (unpaired) electrons. The summed E-state index contributed by atoms with van der Waals surface area (Å²) < 4.78 is 0. The van der Waals surface area contributed by atoms with E-state index in [1.807, 2.05) is 24.3 Å². The Morgan fingerprint density at radius 2 is 2.05 bits per heavy atom. The minimum Gasteiger partial charge on any atom is -0.354 e. The Kier molecular flexibility index (Phi) is 3.56. The van der Waals surface area contributed by atoms with E-state index in [1.54, 1.807) is 6.20 Å². The van der Waals surface area contributed by atoms with Gasteiger partial charge in [0.25, 0.3) is 0 Å². The molecule has 114 valence electrons. The molecule has 2 heterocycles. The molecule has 22 heavy (non-hydrogen) atoms. The van der Waals surface area contributed by atoms with Crippen molar-refractivity contribution in [1.29, 1.82) is 0 Å². The third kappa shape index (κ3) is 3.08. The van der Waals surface area contributed by atoms with E-state index in [9.17, 15) is 4.79 Å². The van der Waals surface area contributed by atoms with Crippen molar-refractivity contribution in [2.75, 3.05) is 17.2 Å². The van der Waals surface area contributed by atoms with Gasteiger partial charge in [-0.3, -0.25) is 4.79 Å². The van der Waals surface area contributed by atoms with E-state index in [0.29, 0.717) is 12.4 Å². The number of para-hydroxylation sites is 1. The van der Waals surface area contributed by atoms with Crippen LogP contribution < -0.4 is 10.6 Å². The second-order valence-corrected chi connectivity index (χ2v) is 6.75. The molecule has 1 aliphatic heterocycles. The summed E-state index contributed by atoms with van der Waals surface area (Å²) in [4.78, 5) is 20.9. The van der Waals surface area contributed by atoms with Gasteiger partial charge in [-0.1, -0.05) is 39.0 Å². The fourth-order valence-electron chi connectivity index (χ4n) is 2.36. The first-order chi connectivity index (χ1) is 10.4. The Labute approximate surface area is 130 Å². The molecular weight excluding hydrogens is 276 g/mol. The number of nitrogens with zero attached hydrogens (tertiary/aromatic N) is 2. The molecule has 0 aliphatic carbocycles. The van der Waals surface area contributed by atoms with E-state index >= 15 is 0 Å². The zero-order valence-electron chi connectivity index (χ0n) is 13.1. The highest BCUT2D eigenvalue weighted by atomic mass is 16.1. The van der Waals surface area contributed by atoms with Gasteiger partial charge in [0, 0.05) is 23.9 Å². The van der Waals surface area contributed by atoms with Crippen molar-refractivity contribution in [2.45, 2.75) is 27.2 Å². The van der Waals surface area contributed by atoms with E-state index in [0.717, 1.165) is 29.1 Å². The Bertz CT molecular complexity index is 719. The van der Waals surface area contributed by atoms with Gasteiger partial charge in [0.2, 0.25) is 11.9 Å². The number of hydrogen-bond acceptors (Lipinski definition) is 4. The van der Waals surface area contributed by atoms with E-state index in [4.69, 9.17) is 0 Å². The number of amides is 1. The molecule has 0 spiro atoms. The van der Waals surface area contributed by atoms with Crippen molar-refractivity contribution in [2.24, 2.45) is 5.41 Å². The molecule has 1 aromatic heterocycles. The Hall–Kier alpha value is -2.43. The third-order valence-corrected chi connectivity index (χ3v) is 3.45. The van der Waals surface area contributed by atoms with E-state index in [1.165, 1.54) is 0 Å². The zero-order chi connectivity index (χ0) is 15.7. The van der Waals surface area contributed by atoms with Gasteiger partial charge in [0.15, 0.2) is 0 Å². The van der Waals surface area contributed by atoms with Crippen molar-refractivity contribution in [3.8, 4) is 11.3 Å². The van der Waals surface area contributed by atoms with Gasteiger partial charge < -0.3 is 10.6 Å². The Balaban J connectivity index is 2.01. The molecule has 1 aliphatic rings. The summed E-state index contributed by atoms with van der Waals surface area (Å²) in [5.74, 6) is 0.558. The Morgan fingerprint density at radius 3 is 2.82 bits per heavy atom. The van der Waals surface area contributed by atoms with Crippen LogP contribution in [0.25, 0.3) is 11.3 Å². The topological polar surface area (TPSA) is 66.9 Å². The second kappa shape index (κ2) is 5.40. The number of carbonyl (C=O) groups is 1. The lowest BCUT2D eigenvalue weighted by Gasteiger charge is -2.19. The quantitative estimate of drug-likeness (QED) is 0.893. The second-order valence-electron chi connectivity index (χ2n) is 6.75. The maximum absolute atomic E-state index is 12.0. The van der Waals surface area contributed by atoms with Crippen LogP contribution in [0.4, 0.5) is 11.6 Å². The van der Waals surface area contributed by atoms with Gasteiger partial charge in [-0.2, -0.15) is 0 Å². The predicted molar refractivity (Wildman–Crippen MR) is 87.7 cm³/mol. The van der Waals surface area contributed by atoms with Gasteiger partial charge in [-0.25, -0.2) is 9.97 Å². The molecule has 0 unspecified atom stereocenters. The number of carbonyl (C=O) groups excluding carboxylic acids is 1. The first kappa shape index (κ1) is 14.5. The largest absolute Gasteiger partial charge is 0.354 e. The normalized spacial score (nSPS) is 13.7. The summed E-state index contributed by atoms with van der Waals surface area (Å²) in [6.45, 7) is 7.24. The molecule has 0 fully saturated rings. The number of rotatable bonds is 2. The number of nitrogens with one attached hydrogen (secondary N) is 2. The lowest BCUT2D eigenvalue weighted by Crippen LogP contribution is -2.20. The van der Waals surface area contributed by atoms with E-state index in [-0.39, 0.29) is 11.3 Å². The average molecular weight is 296 g/mol. The van der Waals surface area contributed by atoms with Crippen LogP contribution in [0.5, 0.6) is 0 Å². The van der Waals surface area contributed by atoms with Crippen LogP contribution in [0, 0.1) is 5.41 Å². The van der Waals surface area contributed by atoms with Crippen molar-refractivity contribution >= 4 is 17.5 Å². The number of hydrogen-bond donors (Lipinski definition) is 2. The molecule has 0 bridgehead atoms. The first-order valence-corrected chi connectivity index (χ1v) is 7.41. The fraction of sp³-hybridized carbons (Fsp3) is 0.353. The monoisotopic (exact) mass is 296 g/mol. The molecule has 0 saturated heterocycles. The summed E-state index contributed by atoms with van der Waals surface area (Å²) in [5.41, 5.74) is 3.55. The zero-order valence-corrected chi connectivity index (χ0v) is 13.1. The fourth-order valence-corrected chi connectivity index (χ4v) is 2.36. The average Bonchev–Trinajstić information content (AvgIpc) is 2.59. The molecule has 2 aromatic rings. The lowest BCUT2D eigenvalue weighted by atomic mass is 9.97. The molecule has 3 rings (SSSR count). The summed E-state index contributed by atoms with van der Waals surface area (Å²) in [6.07, 6.45) is 2.04. The summed E-state index contributed by atoms with van der Waals surface area (Å²) in [5, 5.41) is 6.19. The molecule has 0 atom stereocenters. The van der Waals surface area contributed by atoms with Crippen LogP contribution in [0.2, 0.25) is 0 Å². The number of benzene rings is 1. The van der Waals surface area contributed by atoms with Crippen LogP contribution in [-0.4, -0.2) is 22.4 Å². The van der Waals surface area contributed by atoms with Gasteiger partial charge >= 0.3 is 0 Å². The van der Waals surface area contributed by atoms with Crippen LogP contribution in [0.3, 0.4) is 0 Å². The molecule has 1 amide bonds. The lowest BCUT2D eigenvalue weighted by molar-refractivity contribution is -0.115. The van der Waals surface area contributed by atoms with Gasteiger partial charge in [-0.05, 0) is 11.5 Å². The van der Waals surface area contributed by atoms with E-state index < -0.39 is 0 Å². The summed E-state index contributed by atoms with van der Waals surface area (Å²) >= 11 is 0. The highest BCUT2D eigenvalue weighted by Crippen LogP contribution is 2.32. The van der Waals surface area contributed by atoms with Crippen molar-refractivity contribution in [1.82, 2.24) is 9.97 Å². The highest BCUT2D eigenvalue weighted by molar-refractivity contribution is 5.99. The summed E-state index contributed by atoms with van der Waals surface area (Å²) in [6, 6.07) is 7.72. The van der Waals surface area contributed by atoms with Crippen molar-refractivity contribution in [3.63, 3.8) is 0 Å². The standard InChI is InChI=1S/C17H20N4O/c1-17(2,3)10-19-16-18-9-11-8-14(22)20-13-7-5-4-6-12(13)15(11)21-16/h4-7,9H,8,10H2,1-3H3,(H,20,22)(H,18,19,21). The smallest absolute Gasteiger partial charge is 0.228 e. The number of fused-ring (bicyclic) bond motifs is 3. The maximum Gasteiger partial charge on any atom is 0.228 e. The SMILES string of the molecule is CC(C)(C)CNc1ncc2c(n1)-c1ccccc1NC(=O)C2. The Morgan fingerprint density at radius 1 is 1.27 bits per heavy atom. The van der Waals surface area contributed by atoms with Crippen LogP contribution in [-0.2, 0) is 11.2 Å². The van der Waals surface area contributed by atoms with Gasteiger partial charge in [-0.15, -0.1) is 0 Å². The molecular formula is C17H20N4O. The minimum absolute atomic E-state index is 0.0369. The highest BCUT2D eigenvalue weighted by Gasteiger charge is 2.20. The molecule has 5 heteroatoms. The molecule has 1 aromatic carbocycles. The third-order valence-electron chi connectivity index (χ3n) is 3.45. The van der Waals surface area contributed by atoms with Crippen LogP contribution in [0.1, 0.15) is 26.3 Å². The number of anilines is 2. The molecule has 5 nitrogen and oxygen atoms in total. The van der Waals surface area contributed by atoms with Crippen LogP contribution in [0.15, 0.2) is 30.5 Å². The van der Waals surface area contributed by atoms with Crippen LogP contribution >= 0.6 is 0 Å². The minimum atomic E-state index is -0.0369. The maximum atomic E-state index is 12.0. The molecule has 0 saturated carbocycles. The van der Waals surface area contributed by atoms with Gasteiger partial charge in [0.1, 0.15) is 0 Å².